The summed E-state index contributed by atoms with van der Waals surface area (Å²) in [5, 5.41) is 0. The van der Waals surface area contributed by atoms with Crippen LogP contribution in [0.5, 0.6) is 5.75 Å². The zero-order chi connectivity index (χ0) is 23.4. The van der Waals surface area contributed by atoms with Gasteiger partial charge in [-0.25, -0.2) is 8.42 Å². The average Bonchev–Trinajstić information content (AvgIpc) is 2.84. The summed E-state index contributed by atoms with van der Waals surface area (Å²) < 4.78 is 39.5. The maximum Gasteiger partial charge on any atom is 0.245 e. The van der Waals surface area contributed by atoms with Gasteiger partial charge in [0.05, 0.1) is 31.8 Å². The lowest BCUT2D eigenvalue weighted by atomic mass is 10.1. The van der Waals surface area contributed by atoms with Crippen LogP contribution >= 0.6 is 0 Å². The molecule has 0 radical (unpaired) electrons. The van der Waals surface area contributed by atoms with Crippen LogP contribution in [0.1, 0.15) is 23.7 Å². The summed E-state index contributed by atoms with van der Waals surface area (Å²) in [6.45, 7) is 5.59. The lowest BCUT2D eigenvalue weighted by molar-refractivity contribution is -0.140. The van der Waals surface area contributed by atoms with Gasteiger partial charge in [0.1, 0.15) is 11.9 Å². The zero-order valence-electron chi connectivity index (χ0n) is 19.1. The molecule has 0 saturated carbocycles. The Kier molecular flexibility index (Phi) is 7.33. The number of amides is 1. The number of ether oxygens (including phenoxy) is 2. The van der Waals surface area contributed by atoms with Crippen molar-refractivity contribution in [2.75, 3.05) is 53.0 Å². The molecule has 1 unspecified atom stereocenters. The Labute approximate surface area is 195 Å². The number of sulfonamides is 1. The predicted octanol–water partition coefficient (Wildman–Crippen LogP) is 2.26. The Morgan fingerprint density at radius 3 is 2.30 bits per heavy atom. The molecule has 4 rings (SSSR count). The third kappa shape index (κ3) is 5.22. The smallest absolute Gasteiger partial charge is 0.245 e. The molecule has 0 aliphatic carbocycles. The van der Waals surface area contributed by atoms with Crippen molar-refractivity contribution >= 4 is 15.9 Å². The second-order valence-electron chi connectivity index (χ2n) is 8.40. The van der Waals surface area contributed by atoms with Gasteiger partial charge in [-0.3, -0.25) is 9.69 Å². The summed E-state index contributed by atoms with van der Waals surface area (Å²) in [5.41, 5.74) is 1.73. The fourth-order valence-electron chi connectivity index (χ4n) is 4.32. The maximum absolute atomic E-state index is 13.7. The second-order valence-corrected chi connectivity index (χ2v) is 10.3. The number of carbonyl (C=O) groups is 1. The van der Waals surface area contributed by atoms with Crippen molar-refractivity contribution in [3.63, 3.8) is 0 Å². The molecule has 2 aromatic carbocycles. The van der Waals surface area contributed by atoms with Gasteiger partial charge in [-0.05, 0) is 43.2 Å². The number of hydrogen-bond donors (Lipinski definition) is 0. The molecule has 0 spiro atoms. The Hall–Kier alpha value is -2.46. The minimum atomic E-state index is -3.82. The lowest BCUT2D eigenvalue weighted by Gasteiger charge is -2.44. The first-order valence-corrected chi connectivity index (χ1v) is 12.7. The van der Waals surface area contributed by atoms with Crippen molar-refractivity contribution in [1.82, 2.24) is 14.1 Å². The molecular weight excluding hydrogens is 442 g/mol. The van der Waals surface area contributed by atoms with E-state index in [1.54, 1.807) is 48.4 Å². The number of carbonyl (C=O) groups excluding carboxylic acids is 1. The van der Waals surface area contributed by atoms with E-state index in [0.29, 0.717) is 51.6 Å². The van der Waals surface area contributed by atoms with Crippen LogP contribution in [-0.2, 0) is 19.6 Å². The fourth-order valence-corrected chi connectivity index (χ4v) is 5.94. The maximum atomic E-state index is 13.7. The number of methoxy groups -OCH3 is 1. The molecule has 9 heteroatoms. The molecule has 2 aromatic rings. The fraction of sp³-hybridized carbons (Fsp3) is 0.458. The highest BCUT2D eigenvalue weighted by molar-refractivity contribution is 7.89. The first-order chi connectivity index (χ1) is 15.9. The normalized spacial score (nSPS) is 20.5. The largest absolute Gasteiger partial charge is 0.497 e. The van der Waals surface area contributed by atoms with Gasteiger partial charge in [0, 0.05) is 26.2 Å². The van der Waals surface area contributed by atoms with Crippen molar-refractivity contribution in [3.05, 3.63) is 59.7 Å². The molecule has 178 valence electrons. The highest BCUT2D eigenvalue weighted by Crippen LogP contribution is 2.35. The topological polar surface area (TPSA) is 79.4 Å². The number of benzene rings is 2. The van der Waals surface area contributed by atoms with E-state index in [0.717, 1.165) is 11.1 Å². The van der Waals surface area contributed by atoms with E-state index in [2.05, 4.69) is 4.90 Å². The first-order valence-electron chi connectivity index (χ1n) is 11.2. The van der Waals surface area contributed by atoms with Crippen LogP contribution in [0.25, 0.3) is 0 Å². The van der Waals surface area contributed by atoms with E-state index in [4.69, 9.17) is 9.47 Å². The molecule has 2 aliphatic rings. The molecule has 2 heterocycles. The standard InChI is InChI=1S/C24H31N3O5S/c1-19-4-10-22(11-5-19)33(29,30)27-13-3-12-26(23(28)18-25-14-16-32-17-15-25)24(27)20-6-8-21(31-2)9-7-20/h4-11,24H,3,12-18H2,1-2H3. The van der Waals surface area contributed by atoms with Crippen LogP contribution in [0.2, 0.25) is 0 Å². The second kappa shape index (κ2) is 10.2. The van der Waals surface area contributed by atoms with Gasteiger partial charge < -0.3 is 14.4 Å². The van der Waals surface area contributed by atoms with Crippen molar-refractivity contribution in [1.29, 1.82) is 0 Å². The van der Waals surface area contributed by atoms with Gasteiger partial charge >= 0.3 is 0 Å². The summed E-state index contributed by atoms with van der Waals surface area (Å²) in [4.78, 5) is 17.4. The molecule has 2 fully saturated rings. The third-order valence-corrected chi connectivity index (χ3v) is 8.04. The Morgan fingerprint density at radius 1 is 1.00 bits per heavy atom. The molecule has 0 aromatic heterocycles. The van der Waals surface area contributed by atoms with E-state index >= 15 is 0 Å². The molecule has 1 amide bonds. The lowest BCUT2D eigenvalue weighted by Crippen LogP contribution is -2.54. The molecule has 0 bridgehead atoms. The van der Waals surface area contributed by atoms with E-state index in [-0.39, 0.29) is 17.3 Å². The van der Waals surface area contributed by atoms with Crippen LogP contribution in [0.4, 0.5) is 0 Å². The molecule has 2 saturated heterocycles. The van der Waals surface area contributed by atoms with Crippen molar-refractivity contribution in [3.8, 4) is 5.75 Å². The van der Waals surface area contributed by atoms with Gasteiger partial charge in [0.15, 0.2) is 0 Å². The zero-order valence-corrected chi connectivity index (χ0v) is 20.0. The highest BCUT2D eigenvalue weighted by atomic mass is 32.2. The Balaban J connectivity index is 1.69. The molecule has 8 nitrogen and oxygen atoms in total. The number of rotatable bonds is 6. The molecular formula is C24H31N3O5S. The molecule has 0 N–H and O–H groups in total. The van der Waals surface area contributed by atoms with Crippen molar-refractivity contribution < 1.29 is 22.7 Å². The monoisotopic (exact) mass is 473 g/mol. The summed E-state index contributed by atoms with van der Waals surface area (Å²) in [6, 6.07) is 14.1. The minimum Gasteiger partial charge on any atom is -0.497 e. The molecule has 2 aliphatic heterocycles. The summed E-state index contributed by atoms with van der Waals surface area (Å²) in [5.74, 6) is 0.593. The SMILES string of the molecule is COc1ccc(C2N(C(=O)CN3CCOCC3)CCCN2S(=O)(=O)c2ccc(C)cc2)cc1. The van der Waals surface area contributed by atoms with Gasteiger partial charge in [0.2, 0.25) is 15.9 Å². The van der Waals surface area contributed by atoms with Gasteiger partial charge in [-0.1, -0.05) is 29.8 Å². The number of hydrogen-bond acceptors (Lipinski definition) is 6. The van der Waals surface area contributed by atoms with E-state index < -0.39 is 16.2 Å². The summed E-state index contributed by atoms with van der Waals surface area (Å²) >= 11 is 0. The van der Waals surface area contributed by atoms with Gasteiger partial charge in [-0.2, -0.15) is 4.31 Å². The quantitative estimate of drug-likeness (QED) is 0.640. The van der Waals surface area contributed by atoms with Crippen LogP contribution in [0, 0.1) is 6.92 Å². The Bertz CT molecular complexity index is 1050. The predicted molar refractivity (Wildman–Crippen MR) is 124 cm³/mol. The highest BCUT2D eigenvalue weighted by Gasteiger charge is 2.41. The average molecular weight is 474 g/mol. The minimum absolute atomic E-state index is 0.0819. The third-order valence-electron chi connectivity index (χ3n) is 6.17. The van der Waals surface area contributed by atoms with Crippen molar-refractivity contribution in [2.24, 2.45) is 0 Å². The summed E-state index contributed by atoms with van der Waals surface area (Å²) in [7, 11) is -2.23. The van der Waals surface area contributed by atoms with Gasteiger partial charge in [0.25, 0.3) is 0 Å². The van der Waals surface area contributed by atoms with Crippen LogP contribution < -0.4 is 4.74 Å². The van der Waals surface area contributed by atoms with E-state index in [1.807, 2.05) is 19.1 Å². The molecule has 1 atom stereocenters. The Morgan fingerprint density at radius 2 is 1.67 bits per heavy atom. The summed E-state index contributed by atoms with van der Waals surface area (Å²) in [6.07, 6.45) is -0.142. The van der Waals surface area contributed by atoms with Gasteiger partial charge in [-0.15, -0.1) is 0 Å². The number of aryl methyl sites for hydroxylation is 1. The van der Waals surface area contributed by atoms with E-state index in [1.165, 1.54) is 4.31 Å². The van der Waals surface area contributed by atoms with Crippen LogP contribution in [-0.4, -0.2) is 81.5 Å². The number of nitrogens with zero attached hydrogens (tertiary/aromatic N) is 3. The van der Waals surface area contributed by atoms with E-state index in [9.17, 15) is 13.2 Å². The van der Waals surface area contributed by atoms with Crippen LogP contribution in [0.3, 0.4) is 0 Å². The molecule has 33 heavy (non-hydrogen) atoms. The van der Waals surface area contributed by atoms with Crippen LogP contribution in [0.15, 0.2) is 53.4 Å². The first kappa shape index (κ1) is 23.7. The van der Waals surface area contributed by atoms with Crippen molar-refractivity contribution in [2.45, 2.75) is 24.4 Å². The number of morpholine rings is 1.